The van der Waals surface area contributed by atoms with Gasteiger partial charge in [0, 0.05) is 17.9 Å². The van der Waals surface area contributed by atoms with Crippen molar-refractivity contribution in [3.8, 4) is 11.5 Å². The molecule has 1 aliphatic rings. The van der Waals surface area contributed by atoms with E-state index in [9.17, 15) is 4.79 Å². The Balaban J connectivity index is 1.67. The lowest BCUT2D eigenvalue weighted by Crippen LogP contribution is -2.32. The number of hydrogen-bond donors (Lipinski definition) is 0. The van der Waals surface area contributed by atoms with Crippen molar-refractivity contribution in [1.29, 1.82) is 0 Å². The first kappa shape index (κ1) is 19.6. The molecule has 1 amide bonds. The number of carbonyl (C=O) groups is 1. The number of likely N-dealkylation sites (tertiary alicyclic amines) is 1. The number of amides is 1. The van der Waals surface area contributed by atoms with Gasteiger partial charge in [-0.15, -0.1) is 11.8 Å². The minimum atomic E-state index is 0.0570. The summed E-state index contributed by atoms with van der Waals surface area (Å²) in [5.74, 6) is 3.16. The molecule has 1 atom stereocenters. The molecule has 1 unspecified atom stereocenters. The van der Waals surface area contributed by atoms with E-state index in [1.54, 1.807) is 26.0 Å². The van der Waals surface area contributed by atoms with Crippen molar-refractivity contribution in [3.63, 3.8) is 0 Å². The molecule has 0 saturated carbocycles. The van der Waals surface area contributed by atoms with Crippen molar-refractivity contribution in [3.05, 3.63) is 59.2 Å². The Bertz CT molecular complexity index is 793. The van der Waals surface area contributed by atoms with Gasteiger partial charge in [0.2, 0.25) is 5.91 Å². The maximum atomic E-state index is 12.9. The second-order valence-electron chi connectivity index (χ2n) is 6.77. The molecule has 2 aromatic carbocycles. The van der Waals surface area contributed by atoms with Crippen LogP contribution in [0.5, 0.6) is 11.5 Å². The van der Waals surface area contributed by atoms with E-state index in [1.165, 1.54) is 11.1 Å². The predicted molar refractivity (Wildman–Crippen MR) is 111 cm³/mol. The molecule has 27 heavy (non-hydrogen) atoms. The van der Waals surface area contributed by atoms with Crippen molar-refractivity contribution in [1.82, 2.24) is 4.90 Å². The molecule has 1 aliphatic heterocycles. The summed E-state index contributed by atoms with van der Waals surface area (Å²) in [5.41, 5.74) is 3.60. The van der Waals surface area contributed by atoms with Gasteiger partial charge in [-0.25, -0.2) is 0 Å². The summed E-state index contributed by atoms with van der Waals surface area (Å²) in [4.78, 5) is 14.9. The Kier molecular flexibility index (Phi) is 6.67. The Labute approximate surface area is 165 Å². The van der Waals surface area contributed by atoms with Gasteiger partial charge in [-0.05, 0) is 49.1 Å². The second-order valence-corrected chi connectivity index (χ2v) is 7.76. The number of aryl methyl sites for hydroxylation is 1. The third-order valence-electron chi connectivity index (χ3n) is 5.11. The van der Waals surface area contributed by atoms with Crippen molar-refractivity contribution >= 4 is 17.7 Å². The molecule has 1 fully saturated rings. The Morgan fingerprint density at radius 2 is 2.00 bits per heavy atom. The molecule has 0 aromatic heterocycles. The highest BCUT2D eigenvalue weighted by atomic mass is 32.2. The van der Waals surface area contributed by atoms with Gasteiger partial charge in [-0.1, -0.05) is 24.3 Å². The average molecular weight is 386 g/mol. The smallest absolute Gasteiger partial charge is 0.233 e. The summed E-state index contributed by atoms with van der Waals surface area (Å²) < 4.78 is 10.9. The van der Waals surface area contributed by atoms with Crippen molar-refractivity contribution in [2.75, 3.05) is 26.5 Å². The molecule has 5 heteroatoms. The Morgan fingerprint density at radius 3 is 2.74 bits per heavy atom. The molecule has 0 aliphatic carbocycles. The fourth-order valence-corrected chi connectivity index (χ4v) is 4.58. The number of ether oxygens (including phenoxy) is 2. The molecule has 144 valence electrons. The van der Waals surface area contributed by atoms with E-state index >= 15 is 0 Å². The van der Waals surface area contributed by atoms with E-state index in [-0.39, 0.29) is 11.9 Å². The number of hydrogen-bond acceptors (Lipinski definition) is 4. The number of benzene rings is 2. The summed E-state index contributed by atoms with van der Waals surface area (Å²) in [6, 6.07) is 14.2. The van der Waals surface area contributed by atoms with Crippen LogP contribution in [0.25, 0.3) is 0 Å². The maximum Gasteiger partial charge on any atom is 0.233 e. The normalized spacial score (nSPS) is 16.4. The van der Waals surface area contributed by atoms with Crippen molar-refractivity contribution < 1.29 is 14.3 Å². The first-order valence-corrected chi connectivity index (χ1v) is 10.4. The zero-order valence-corrected chi connectivity index (χ0v) is 17.1. The van der Waals surface area contributed by atoms with Gasteiger partial charge >= 0.3 is 0 Å². The minimum absolute atomic E-state index is 0.0570. The summed E-state index contributed by atoms with van der Waals surface area (Å²) in [6.07, 6.45) is 1.97. The summed E-state index contributed by atoms with van der Waals surface area (Å²) in [6.45, 7) is 2.91. The quantitative estimate of drug-likeness (QED) is 0.698. The number of thioether (sulfide) groups is 1. The van der Waals surface area contributed by atoms with E-state index in [2.05, 4.69) is 25.1 Å². The monoisotopic (exact) mass is 385 g/mol. The van der Waals surface area contributed by atoms with Gasteiger partial charge in [0.15, 0.2) is 0 Å². The van der Waals surface area contributed by atoms with Crippen LogP contribution in [0, 0.1) is 6.92 Å². The topological polar surface area (TPSA) is 38.8 Å². The van der Waals surface area contributed by atoms with Crippen molar-refractivity contribution in [2.24, 2.45) is 0 Å². The van der Waals surface area contributed by atoms with Gasteiger partial charge < -0.3 is 14.4 Å². The van der Waals surface area contributed by atoms with E-state index < -0.39 is 0 Å². The van der Waals surface area contributed by atoms with E-state index in [1.807, 2.05) is 29.2 Å². The first-order valence-electron chi connectivity index (χ1n) is 9.27. The highest BCUT2D eigenvalue weighted by molar-refractivity contribution is 7.99. The SMILES string of the molecule is COc1ccc(OC)c(C2CCCN2C(=O)CSCc2ccccc2C)c1. The van der Waals surface area contributed by atoms with Crippen LogP contribution in [0.3, 0.4) is 0 Å². The molecule has 2 aromatic rings. The third kappa shape index (κ3) is 4.59. The van der Waals surface area contributed by atoms with Gasteiger partial charge in [0.05, 0.1) is 26.0 Å². The largest absolute Gasteiger partial charge is 0.497 e. The van der Waals surface area contributed by atoms with Crippen LogP contribution in [0.2, 0.25) is 0 Å². The molecular weight excluding hydrogens is 358 g/mol. The molecular formula is C22H27NO3S. The molecule has 4 nitrogen and oxygen atoms in total. The van der Waals surface area contributed by atoms with Crippen molar-refractivity contribution in [2.45, 2.75) is 31.6 Å². The van der Waals surface area contributed by atoms with Crippen LogP contribution in [0.1, 0.15) is 35.6 Å². The van der Waals surface area contributed by atoms with E-state index in [0.717, 1.165) is 42.2 Å². The van der Waals surface area contributed by atoms with Gasteiger partial charge in [-0.3, -0.25) is 4.79 Å². The highest BCUT2D eigenvalue weighted by Crippen LogP contribution is 2.39. The number of rotatable bonds is 7. The van der Waals surface area contributed by atoms with E-state index in [4.69, 9.17) is 9.47 Å². The molecule has 0 radical (unpaired) electrons. The van der Waals surface area contributed by atoms with Crippen LogP contribution < -0.4 is 9.47 Å². The van der Waals surface area contributed by atoms with Gasteiger partial charge in [0.25, 0.3) is 0 Å². The Morgan fingerprint density at radius 1 is 1.19 bits per heavy atom. The molecule has 0 N–H and O–H groups in total. The van der Waals surface area contributed by atoms with Crippen LogP contribution in [0.4, 0.5) is 0 Å². The predicted octanol–water partition coefficient (Wildman–Crippen LogP) is 4.61. The minimum Gasteiger partial charge on any atom is -0.497 e. The molecule has 1 saturated heterocycles. The summed E-state index contributed by atoms with van der Waals surface area (Å²) in [5, 5.41) is 0. The number of methoxy groups -OCH3 is 2. The maximum absolute atomic E-state index is 12.9. The molecule has 1 heterocycles. The summed E-state index contributed by atoms with van der Waals surface area (Å²) >= 11 is 1.68. The summed E-state index contributed by atoms with van der Waals surface area (Å²) in [7, 11) is 3.33. The number of carbonyl (C=O) groups excluding carboxylic acids is 1. The molecule has 3 rings (SSSR count). The fraction of sp³-hybridized carbons (Fsp3) is 0.409. The second kappa shape index (κ2) is 9.18. The zero-order chi connectivity index (χ0) is 19.2. The zero-order valence-electron chi connectivity index (χ0n) is 16.2. The van der Waals surface area contributed by atoms with Crippen LogP contribution in [0.15, 0.2) is 42.5 Å². The lowest BCUT2D eigenvalue weighted by molar-refractivity contribution is -0.129. The highest BCUT2D eigenvalue weighted by Gasteiger charge is 2.32. The van der Waals surface area contributed by atoms with Gasteiger partial charge in [0.1, 0.15) is 11.5 Å². The third-order valence-corrected chi connectivity index (χ3v) is 6.08. The van der Waals surface area contributed by atoms with Crippen LogP contribution >= 0.6 is 11.8 Å². The average Bonchev–Trinajstić information content (AvgIpc) is 3.18. The molecule has 0 bridgehead atoms. The standard InChI is InChI=1S/C22H27NO3S/c1-16-7-4-5-8-17(16)14-27-15-22(24)23-12-6-9-20(23)19-13-18(25-2)10-11-21(19)26-3/h4-5,7-8,10-11,13,20H,6,9,12,14-15H2,1-3H3. The first-order chi connectivity index (χ1) is 13.1. The lowest BCUT2D eigenvalue weighted by Gasteiger charge is -2.26. The molecule has 0 spiro atoms. The van der Waals surface area contributed by atoms with E-state index in [0.29, 0.717) is 5.75 Å². The van der Waals surface area contributed by atoms with Gasteiger partial charge in [-0.2, -0.15) is 0 Å². The fourth-order valence-electron chi connectivity index (χ4n) is 3.59. The van der Waals surface area contributed by atoms with Crippen LogP contribution in [-0.4, -0.2) is 37.3 Å². The Hall–Kier alpha value is -2.14. The lowest BCUT2D eigenvalue weighted by atomic mass is 10.0. The number of nitrogens with zero attached hydrogens (tertiary/aromatic N) is 1. The van der Waals surface area contributed by atoms with Crippen LogP contribution in [-0.2, 0) is 10.5 Å².